The second-order valence-corrected chi connectivity index (χ2v) is 5.12. The van der Waals surface area contributed by atoms with Crippen LogP contribution in [0.1, 0.15) is 58.4 Å². The van der Waals surface area contributed by atoms with Crippen molar-refractivity contribution in [2.75, 3.05) is 4.90 Å². The molecule has 0 radical (unpaired) electrons. The third-order valence-corrected chi connectivity index (χ3v) is 3.49. The van der Waals surface area contributed by atoms with Crippen molar-refractivity contribution in [2.24, 2.45) is 0 Å². The number of carbonyl (C=O) groups excluding carboxylic acids is 1. The Morgan fingerprint density at radius 1 is 1.35 bits per heavy atom. The van der Waals surface area contributed by atoms with E-state index in [0.717, 1.165) is 18.5 Å². The van der Waals surface area contributed by atoms with Crippen LogP contribution in [0, 0.1) is 11.3 Å². The minimum absolute atomic E-state index is 0.115. The summed E-state index contributed by atoms with van der Waals surface area (Å²) in [7, 11) is 0. The molecule has 1 aromatic rings. The summed E-state index contributed by atoms with van der Waals surface area (Å²) in [6.07, 6.45) is 4.98. The molecule has 0 fully saturated rings. The molecule has 1 unspecified atom stereocenters. The van der Waals surface area contributed by atoms with Crippen LogP contribution in [0.5, 0.6) is 0 Å². The molecule has 0 heterocycles. The molecule has 108 valence electrons. The largest absolute Gasteiger partial charge is 0.310 e. The molecule has 0 aromatic heterocycles. The zero-order valence-electron chi connectivity index (χ0n) is 12.7. The first-order valence-corrected chi connectivity index (χ1v) is 7.46. The minimum atomic E-state index is 0.115. The maximum atomic E-state index is 12.2. The molecule has 1 aromatic carbocycles. The van der Waals surface area contributed by atoms with Crippen molar-refractivity contribution in [3.63, 3.8) is 0 Å². The highest BCUT2D eigenvalue weighted by Crippen LogP contribution is 2.22. The Kier molecular flexibility index (Phi) is 6.79. The van der Waals surface area contributed by atoms with E-state index in [1.807, 2.05) is 24.0 Å². The lowest BCUT2D eigenvalue weighted by Crippen LogP contribution is -2.38. The van der Waals surface area contributed by atoms with Gasteiger partial charge in [0.2, 0.25) is 5.91 Å². The highest BCUT2D eigenvalue weighted by atomic mass is 16.2. The number of anilines is 1. The monoisotopic (exact) mass is 272 g/mol. The summed E-state index contributed by atoms with van der Waals surface area (Å²) in [6.45, 7) is 6.14. The van der Waals surface area contributed by atoms with Gasteiger partial charge in [-0.1, -0.05) is 39.2 Å². The van der Waals surface area contributed by atoms with Crippen LogP contribution >= 0.6 is 0 Å². The lowest BCUT2D eigenvalue weighted by Gasteiger charge is -2.29. The van der Waals surface area contributed by atoms with E-state index in [1.165, 1.54) is 12.8 Å². The summed E-state index contributed by atoms with van der Waals surface area (Å²) >= 11 is 0. The lowest BCUT2D eigenvalue weighted by atomic mass is 10.1. The van der Waals surface area contributed by atoms with E-state index in [1.54, 1.807) is 12.1 Å². The Morgan fingerprint density at radius 2 is 2.10 bits per heavy atom. The molecule has 0 saturated heterocycles. The fraction of sp³-hybridized carbons (Fsp3) is 0.529. The van der Waals surface area contributed by atoms with Crippen LogP contribution < -0.4 is 4.90 Å². The van der Waals surface area contributed by atoms with Crippen LogP contribution in [0.15, 0.2) is 24.3 Å². The fourth-order valence-corrected chi connectivity index (χ4v) is 2.36. The third kappa shape index (κ3) is 4.38. The number of carbonyl (C=O) groups is 1. The molecule has 0 saturated carbocycles. The Balaban J connectivity index is 2.93. The van der Waals surface area contributed by atoms with E-state index in [4.69, 9.17) is 5.26 Å². The predicted molar refractivity (Wildman–Crippen MR) is 82.5 cm³/mol. The van der Waals surface area contributed by atoms with Crippen molar-refractivity contribution in [1.82, 2.24) is 0 Å². The molecule has 0 N–H and O–H groups in total. The molecule has 0 bridgehead atoms. The van der Waals surface area contributed by atoms with Crippen molar-refractivity contribution >= 4 is 11.6 Å². The lowest BCUT2D eigenvalue weighted by molar-refractivity contribution is -0.118. The van der Waals surface area contributed by atoms with Gasteiger partial charge in [0.25, 0.3) is 0 Å². The zero-order valence-corrected chi connectivity index (χ0v) is 12.7. The summed E-state index contributed by atoms with van der Waals surface area (Å²) < 4.78 is 0. The highest BCUT2D eigenvalue weighted by molar-refractivity contribution is 5.93. The number of hydrogen-bond donors (Lipinski definition) is 0. The SMILES string of the molecule is CCCCCC(C)N(C(=O)CC)c1cccc(C#N)c1. The number of amides is 1. The summed E-state index contributed by atoms with van der Waals surface area (Å²) in [5.41, 5.74) is 1.43. The van der Waals surface area contributed by atoms with Gasteiger partial charge in [0.15, 0.2) is 0 Å². The number of unbranched alkanes of at least 4 members (excludes halogenated alkanes) is 2. The molecule has 20 heavy (non-hydrogen) atoms. The Hall–Kier alpha value is -1.82. The molecule has 0 aliphatic rings. The smallest absolute Gasteiger partial charge is 0.226 e. The van der Waals surface area contributed by atoms with Gasteiger partial charge in [-0.2, -0.15) is 5.26 Å². The van der Waals surface area contributed by atoms with Gasteiger partial charge in [-0.25, -0.2) is 0 Å². The topological polar surface area (TPSA) is 44.1 Å². The van der Waals surface area contributed by atoms with Gasteiger partial charge < -0.3 is 4.90 Å². The van der Waals surface area contributed by atoms with E-state index in [0.29, 0.717) is 12.0 Å². The van der Waals surface area contributed by atoms with Gasteiger partial charge in [0.05, 0.1) is 11.6 Å². The zero-order chi connectivity index (χ0) is 15.0. The van der Waals surface area contributed by atoms with Crippen molar-refractivity contribution in [3.05, 3.63) is 29.8 Å². The van der Waals surface area contributed by atoms with Gasteiger partial charge in [0.1, 0.15) is 0 Å². The summed E-state index contributed by atoms with van der Waals surface area (Å²) in [5, 5.41) is 9.00. The summed E-state index contributed by atoms with van der Waals surface area (Å²) in [4.78, 5) is 14.1. The van der Waals surface area contributed by atoms with Crippen LogP contribution in [0.2, 0.25) is 0 Å². The molecular formula is C17H24N2O. The average Bonchev–Trinajstić information content (AvgIpc) is 2.47. The molecule has 1 amide bonds. The third-order valence-electron chi connectivity index (χ3n) is 3.49. The van der Waals surface area contributed by atoms with Gasteiger partial charge in [-0.15, -0.1) is 0 Å². The molecule has 3 heteroatoms. The number of hydrogen-bond acceptors (Lipinski definition) is 2. The number of rotatable bonds is 7. The molecular weight excluding hydrogens is 248 g/mol. The van der Waals surface area contributed by atoms with Crippen molar-refractivity contribution in [3.8, 4) is 6.07 Å². The number of benzene rings is 1. The first-order valence-electron chi connectivity index (χ1n) is 7.46. The van der Waals surface area contributed by atoms with Gasteiger partial charge in [-0.3, -0.25) is 4.79 Å². The number of nitriles is 1. The first kappa shape index (κ1) is 16.2. The standard InChI is InChI=1S/C17H24N2O/c1-4-6-7-9-14(3)19(17(20)5-2)16-11-8-10-15(12-16)13-18/h8,10-12,14H,4-7,9H2,1-3H3. The van der Waals surface area contributed by atoms with Crippen LogP contribution in [0.25, 0.3) is 0 Å². The predicted octanol–water partition coefficient (Wildman–Crippen LogP) is 4.27. The number of nitrogens with zero attached hydrogens (tertiary/aromatic N) is 2. The van der Waals surface area contributed by atoms with E-state index >= 15 is 0 Å². The first-order chi connectivity index (χ1) is 9.63. The van der Waals surface area contributed by atoms with Gasteiger partial charge >= 0.3 is 0 Å². The highest BCUT2D eigenvalue weighted by Gasteiger charge is 2.20. The average molecular weight is 272 g/mol. The quantitative estimate of drug-likeness (QED) is 0.696. The molecule has 0 aliphatic carbocycles. The van der Waals surface area contributed by atoms with Crippen LogP contribution in [-0.4, -0.2) is 11.9 Å². The van der Waals surface area contributed by atoms with E-state index in [2.05, 4.69) is 19.9 Å². The van der Waals surface area contributed by atoms with E-state index in [9.17, 15) is 4.79 Å². The Bertz CT molecular complexity index is 476. The second kappa shape index (κ2) is 8.37. The fourth-order valence-electron chi connectivity index (χ4n) is 2.36. The molecule has 1 atom stereocenters. The van der Waals surface area contributed by atoms with Gasteiger partial charge in [-0.05, 0) is 31.5 Å². The molecule has 3 nitrogen and oxygen atoms in total. The van der Waals surface area contributed by atoms with E-state index < -0.39 is 0 Å². The Morgan fingerprint density at radius 3 is 2.70 bits per heavy atom. The van der Waals surface area contributed by atoms with Crippen molar-refractivity contribution in [2.45, 2.75) is 58.9 Å². The van der Waals surface area contributed by atoms with E-state index in [-0.39, 0.29) is 11.9 Å². The maximum absolute atomic E-state index is 12.2. The van der Waals surface area contributed by atoms with Crippen molar-refractivity contribution in [1.29, 1.82) is 5.26 Å². The second-order valence-electron chi connectivity index (χ2n) is 5.12. The molecule has 0 spiro atoms. The minimum Gasteiger partial charge on any atom is -0.310 e. The maximum Gasteiger partial charge on any atom is 0.226 e. The van der Waals surface area contributed by atoms with Crippen LogP contribution in [-0.2, 0) is 4.79 Å². The van der Waals surface area contributed by atoms with Crippen LogP contribution in [0.3, 0.4) is 0 Å². The normalized spacial score (nSPS) is 11.7. The molecule has 0 aliphatic heterocycles. The van der Waals surface area contributed by atoms with Gasteiger partial charge in [0, 0.05) is 18.2 Å². The molecule has 1 rings (SSSR count). The summed E-state index contributed by atoms with van der Waals surface area (Å²) in [5.74, 6) is 0.115. The van der Waals surface area contributed by atoms with Crippen LogP contribution in [0.4, 0.5) is 5.69 Å². The Labute approximate surface area is 122 Å². The van der Waals surface area contributed by atoms with Crippen molar-refractivity contribution < 1.29 is 4.79 Å². The summed E-state index contributed by atoms with van der Waals surface area (Å²) in [6, 6.07) is 9.60.